The van der Waals surface area contributed by atoms with E-state index in [-0.39, 0.29) is 5.54 Å². The third-order valence-corrected chi connectivity index (χ3v) is 3.50. The van der Waals surface area contributed by atoms with Crippen LogP contribution in [0.3, 0.4) is 0 Å². The summed E-state index contributed by atoms with van der Waals surface area (Å²) in [6.07, 6.45) is 0. The van der Waals surface area contributed by atoms with Gasteiger partial charge in [-0.3, -0.25) is 0 Å². The predicted molar refractivity (Wildman–Crippen MR) is 89.8 cm³/mol. The molecule has 0 aliphatic rings. The molecule has 0 spiro atoms. The van der Waals surface area contributed by atoms with Crippen molar-refractivity contribution < 1.29 is 4.74 Å². The first-order chi connectivity index (χ1) is 9.83. The summed E-state index contributed by atoms with van der Waals surface area (Å²) >= 11 is 3.51. The van der Waals surface area contributed by atoms with E-state index in [4.69, 9.17) is 4.74 Å². The molecule has 1 N–H and O–H groups in total. The molecule has 3 nitrogen and oxygen atoms in total. The monoisotopic (exact) mass is 348 g/mol. The van der Waals surface area contributed by atoms with Gasteiger partial charge in [0.05, 0.1) is 10.2 Å². The maximum Gasteiger partial charge on any atom is 0.219 e. The quantitative estimate of drug-likeness (QED) is 0.858. The summed E-state index contributed by atoms with van der Waals surface area (Å²) in [4.78, 5) is 4.53. The van der Waals surface area contributed by atoms with Crippen LogP contribution in [0.5, 0.6) is 11.6 Å². The van der Waals surface area contributed by atoms with Gasteiger partial charge in [0, 0.05) is 18.2 Å². The van der Waals surface area contributed by atoms with Crippen molar-refractivity contribution in [1.29, 1.82) is 0 Å². The van der Waals surface area contributed by atoms with Crippen LogP contribution < -0.4 is 10.1 Å². The molecule has 1 aromatic heterocycles. The van der Waals surface area contributed by atoms with Gasteiger partial charge < -0.3 is 10.1 Å². The van der Waals surface area contributed by atoms with Crippen molar-refractivity contribution in [2.75, 3.05) is 0 Å². The molecule has 0 saturated heterocycles. The molecule has 0 radical (unpaired) electrons. The summed E-state index contributed by atoms with van der Waals surface area (Å²) in [5, 5.41) is 3.42. The Hall–Kier alpha value is -1.39. The normalized spacial score (nSPS) is 11.5. The van der Waals surface area contributed by atoms with Gasteiger partial charge in [-0.15, -0.1) is 0 Å². The van der Waals surface area contributed by atoms with Crippen LogP contribution in [0.25, 0.3) is 0 Å². The van der Waals surface area contributed by atoms with E-state index in [9.17, 15) is 0 Å². The van der Waals surface area contributed by atoms with Gasteiger partial charge >= 0.3 is 0 Å². The number of nitrogens with zero attached hydrogens (tertiary/aromatic N) is 1. The van der Waals surface area contributed by atoms with Crippen molar-refractivity contribution >= 4 is 15.9 Å². The van der Waals surface area contributed by atoms with Crippen molar-refractivity contribution in [3.63, 3.8) is 0 Å². The first kappa shape index (κ1) is 16.0. The summed E-state index contributed by atoms with van der Waals surface area (Å²) in [6.45, 7) is 9.17. The highest BCUT2D eigenvalue weighted by atomic mass is 79.9. The highest BCUT2D eigenvalue weighted by Crippen LogP contribution is 2.29. The molecule has 21 heavy (non-hydrogen) atoms. The number of halogens is 1. The minimum atomic E-state index is 0.0680. The van der Waals surface area contributed by atoms with Gasteiger partial charge in [-0.2, -0.15) is 0 Å². The molecule has 112 valence electrons. The average Bonchev–Trinajstić information content (AvgIpc) is 2.39. The van der Waals surface area contributed by atoms with Gasteiger partial charge in [0.2, 0.25) is 5.88 Å². The van der Waals surface area contributed by atoms with Crippen LogP contribution in [0.4, 0.5) is 0 Å². The third-order valence-electron chi connectivity index (χ3n) is 2.88. The van der Waals surface area contributed by atoms with Crippen LogP contribution in [0.2, 0.25) is 0 Å². The van der Waals surface area contributed by atoms with E-state index in [2.05, 4.69) is 47.0 Å². The molecule has 0 unspecified atom stereocenters. The van der Waals surface area contributed by atoms with E-state index >= 15 is 0 Å². The van der Waals surface area contributed by atoms with Crippen molar-refractivity contribution in [3.05, 3.63) is 52.1 Å². The maximum atomic E-state index is 5.85. The first-order valence-corrected chi connectivity index (χ1v) is 7.78. The van der Waals surface area contributed by atoms with Crippen molar-refractivity contribution in [2.24, 2.45) is 0 Å². The number of rotatable bonds is 4. The van der Waals surface area contributed by atoms with Crippen molar-refractivity contribution in [1.82, 2.24) is 10.3 Å². The molecule has 0 fully saturated rings. The van der Waals surface area contributed by atoms with E-state index in [1.807, 2.05) is 43.3 Å². The fourth-order valence-electron chi connectivity index (χ4n) is 1.77. The lowest BCUT2D eigenvalue weighted by molar-refractivity contribution is 0.415. The number of aryl methyl sites for hydroxylation is 1. The van der Waals surface area contributed by atoms with Gasteiger partial charge in [0.15, 0.2) is 0 Å². The minimum Gasteiger partial charge on any atom is -0.438 e. The Labute approximate surface area is 134 Å². The molecule has 2 rings (SSSR count). The van der Waals surface area contributed by atoms with E-state index in [1.165, 1.54) is 5.56 Å². The zero-order valence-corrected chi connectivity index (χ0v) is 14.5. The fourth-order valence-corrected chi connectivity index (χ4v) is 2.34. The van der Waals surface area contributed by atoms with Crippen LogP contribution in [0, 0.1) is 6.92 Å². The van der Waals surface area contributed by atoms with E-state index < -0.39 is 0 Å². The molecule has 0 atom stereocenters. The van der Waals surface area contributed by atoms with Crippen molar-refractivity contribution in [2.45, 2.75) is 39.8 Å². The second-order valence-corrected chi connectivity index (χ2v) is 6.96. The summed E-state index contributed by atoms with van der Waals surface area (Å²) < 4.78 is 6.78. The van der Waals surface area contributed by atoms with E-state index in [0.29, 0.717) is 5.88 Å². The lowest BCUT2D eigenvalue weighted by Gasteiger charge is -2.20. The van der Waals surface area contributed by atoms with Gasteiger partial charge in [0.1, 0.15) is 5.75 Å². The molecule has 0 saturated carbocycles. The number of pyridine rings is 1. The highest BCUT2D eigenvalue weighted by Gasteiger charge is 2.10. The number of hydrogen-bond donors (Lipinski definition) is 1. The summed E-state index contributed by atoms with van der Waals surface area (Å²) in [5.41, 5.74) is 2.22. The van der Waals surface area contributed by atoms with Crippen LogP contribution >= 0.6 is 15.9 Å². The Morgan fingerprint density at radius 2 is 1.95 bits per heavy atom. The molecule has 0 aliphatic heterocycles. The zero-order chi connectivity index (χ0) is 15.5. The van der Waals surface area contributed by atoms with Gasteiger partial charge in [-0.25, -0.2) is 4.98 Å². The van der Waals surface area contributed by atoms with Crippen LogP contribution in [-0.4, -0.2) is 10.5 Å². The Morgan fingerprint density at radius 3 is 2.62 bits per heavy atom. The molecule has 1 aromatic carbocycles. The molecule has 1 heterocycles. The second-order valence-electron chi connectivity index (χ2n) is 6.11. The number of nitrogens with one attached hydrogen (secondary N) is 1. The molecular weight excluding hydrogens is 328 g/mol. The number of aromatic nitrogens is 1. The second kappa shape index (κ2) is 6.58. The molecule has 4 heteroatoms. The molecule has 0 aliphatic carbocycles. The SMILES string of the molecule is Cc1ccc(Oc2cccc(CNC(C)(C)C)n2)c(Br)c1. The van der Waals surface area contributed by atoms with E-state index in [1.54, 1.807) is 0 Å². The Bertz CT molecular complexity index is 620. The van der Waals surface area contributed by atoms with Crippen molar-refractivity contribution in [3.8, 4) is 11.6 Å². The van der Waals surface area contributed by atoms with Crippen LogP contribution in [0.1, 0.15) is 32.0 Å². The molecule has 2 aromatic rings. The number of hydrogen-bond acceptors (Lipinski definition) is 3. The Balaban J connectivity index is 2.10. The van der Waals surface area contributed by atoms with E-state index in [0.717, 1.165) is 22.5 Å². The molecule has 0 bridgehead atoms. The van der Waals surface area contributed by atoms with Gasteiger partial charge in [-0.1, -0.05) is 12.1 Å². The highest BCUT2D eigenvalue weighted by molar-refractivity contribution is 9.10. The molecule has 0 amide bonds. The summed E-state index contributed by atoms with van der Waals surface area (Å²) in [7, 11) is 0. The van der Waals surface area contributed by atoms with Gasteiger partial charge in [0.25, 0.3) is 0 Å². The average molecular weight is 349 g/mol. The largest absolute Gasteiger partial charge is 0.438 e. The number of ether oxygens (including phenoxy) is 1. The summed E-state index contributed by atoms with van der Waals surface area (Å²) in [6, 6.07) is 11.8. The summed E-state index contributed by atoms with van der Waals surface area (Å²) in [5.74, 6) is 1.38. The maximum absolute atomic E-state index is 5.85. The van der Waals surface area contributed by atoms with Gasteiger partial charge in [-0.05, 0) is 67.4 Å². The van der Waals surface area contributed by atoms with Crippen LogP contribution in [0.15, 0.2) is 40.9 Å². The smallest absolute Gasteiger partial charge is 0.219 e. The standard InChI is InChI=1S/C17H21BrN2O/c1-12-8-9-15(14(18)10-12)21-16-7-5-6-13(20-16)11-19-17(2,3)4/h5-10,19H,11H2,1-4H3. The molecular formula is C17H21BrN2O. The lowest BCUT2D eigenvalue weighted by atomic mass is 10.1. The zero-order valence-electron chi connectivity index (χ0n) is 12.9. The minimum absolute atomic E-state index is 0.0680. The topological polar surface area (TPSA) is 34.1 Å². The Morgan fingerprint density at radius 1 is 1.19 bits per heavy atom. The first-order valence-electron chi connectivity index (χ1n) is 6.98. The Kier molecular flexibility index (Phi) is 5.01. The number of benzene rings is 1. The predicted octanol–water partition coefficient (Wildman–Crippen LogP) is 4.83. The fraction of sp³-hybridized carbons (Fsp3) is 0.353. The van der Waals surface area contributed by atoms with Crippen LogP contribution in [-0.2, 0) is 6.54 Å². The third kappa shape index (κ3) is 5.14. The lowest BCUT2D eigenvalue weighted by Crippen LogP contribution is -2.35.